The minimum atomic E-state index is -0.526. The fourth-order valence-electron chi connectivity index (χ4n) is 4.74. The van der Waals surface area contributed by atoms with Gasteiger partial charge in [-0.2, -0.15) is 0 Å². The van der Waals surface area contributed by atoms with Crippen LogP contribution >= 0.6 is 0 Å². The first-order chi connectivity index (χ1) is 20.6. The summed E-state index contributed by atoms with van der Waals surface area (Å²) in [6.45, 7) is 3.41. The first-order valence-corrected chi connectivity index (χ1v) is 13.3. The summed E-state index contributed by atoms with van der Waals surface area (Å²) in [5.41, 5.74) is 1.78. The lowest BCUT2D eigenvalue weighted by molar-refractivity contribution is -0.383. The molecule has 0 spiro atoms. The minimum Gasteiger partial charge on any atom is -0.496 e. The molecule has 43 heavy (non-hydrogen) atoms. The number of carbonyl (C=O) groups is 2. The van der Waals surface area contributed by atoms with Crippen LogP contribution < -0.4 is 19.8 Å². The normalized spacial score (nSPS) is 11.1. The molecule has 0 atom stereocenters. The first kappa shape index (κ1) is 30.6. The number of pyridine rings is 1. The van der Waals surface area contributed by atoms with E-state index in [9.17, 15) is 24.5 Å². The Kier molecular flexibility index (Phi) is 9.61. The molecule has 12 nitrogen and oxygen atoms in total. The number of nitro benzene ring substituents is 1. The van der Waals surface area contributed by atoms with E-state index in [0.717, 1.165) is 0 Å². The van der Waals surface area contributed by atoms with Crippen LogP contribution in [0.2, 0.25) is 0 Å². The van der Waals surface area contributed by atoms with Crippen molar-refractivity contribution in [2.75, 3.05) is 45.4 Å². The zero-order valence-electron chi connectivity index (χ0n) is 24.2. The van der Waals surface area contributed by atoms with E-state index in [-0.39, 0.29) is 35.2 Å². The van der Waals surface area contributed by atoms with Gasteiger partial charge < -0.3 is 28.8 Å². The summed E-state index contributed by atoms with van der Waals surface area (Å²) in [5, 5.41) is 12.4. The molecule has 0 unspecified atom stereocenters. The lowest BCUT2D eigenvalue weighted by Crippen LogP contribution is -2.32. The van der Waals surface area contributed by atoms with Crippen molar-refractivity contribution >= 4 is 57.3 Å². The van der Waals surface area contributed by atoms with Crippen molar-refractivity contribution in [1.29, 1.82) is 0 Å². The number of benzene rings is 3. The van der Waals surface area contributed by atoms with Gasteiger partial charge >= 0.3 is 11.9 Å². The van der Waals surface area contributed by atoms with E-state index in [0.29, 0.717) is 52.3 Å². The van der Waals surface area contributed by atoms with E-state index < -0.39 is 16.9 Å². The van der Waals surface area contributed by atoms with Crippen LogP contribution in [-0.4, -0.2) is 62.4 Å². The Bertz CT molecular complexity index is 1760. The maximum atomic E-state index is 13.5. The van der Waals surface area contributed by atoms with Crippen molar-refractivity contribution in [2.24, 2.45) is 0 Å². The van der Waals surface area contributed by atoms with Gasteiger partial charge in [-0.15, -0.1) is 0 Å². The number of anilines is 1. The number of rotatable bonds is 12. The molecule has 1 N–H and O–H groups in total. The van der Waals surface area contributed by atoms with Crippen molar-refractivity contribution in [3.63, 3.8) is 0 Å². The number of aromatic amines is 1. The second-order valence-corrected chi connectivity index (χ2v) is 9.45. The van der Waals surface area contributed by atoms with E-state index in [1.54, 1.807) is 48.6 Å². The minimum absolute atomic E-state index is 0.0962. The number of ether oxygens (including phenoxy) is 4. The number of non-ortho nitro benzene ring substituents is 1. The van der Waals surface area contributed by atoms with Gasteiger partial charge in [0, 0.05) is 42.4 Å². The second kappa shape index (κ2) is 13.5. The van der Waals surface area contributed by atoms with E-state index in [4.69, 9.17) is 18.9 Å². The molecule has 0 aliphatic rings. The molecule has 1 heterocycles. The fourth-order valence-corrected chi connectivity index (χ4v) is 4.74. The molecule has 0 amide bonds. The molecule has 0 aliphatic carbocycles. The third kappa shape index (κ3) is 6.92. The lowest BCUT2D eigenvalue weighted by atomic mass is 10.0. The lowest BCUT2D eigenvalue weighted by Gasteiger charge is -2.27. The molecule has 0 bridgehead atoms. The number of hydrogen-bond acceptors (Lipinski definition) is 10. The number of carbonyl (C=O) groups excluding carboxylic acids is 2. The Morgan fingerprint density at radius 2 is 1.53 bits per heavy atom. The maximum Gasteiger partial charge on any atom is 0.302 e. The van der Waals surface area contributed by atoms with Crippen LogP contribution in [0.5, 0.6) is 11.5 Å². The predicted octanol–water partition coefficient (Wildman–Crippen LogP) is 4.71. The molecular weight excluding hydrogens is 558 g/mol. The largest absolute Gasteiger partial charge is 0.496 e. The summed E-state index contributed by atoms with van der Waals surface area (Å²) in [5.74, 6) is 0.0808. The molecule has 0 fully saturated rings. The zero-order valence-corrected chi connectivity index (χ0v) is 24.2. The van der Waals surface area contributed by atoms with Gasteiger partial charge in [0.05, 0.1) is 43.3 Å². The van der Waals surface area contributed by atoms with E-state index in [2.05, 4.69) is 4.98 Å². The summed E-state index contributed by atoms with van der Waals surface area (Å²) in [4.78, 5) is 52.3. The van der Waals surface area contributed by atoms with E-state index >= 15 is 0 Å². The average Bonchev–Trinajstić information content (AvgIpc) is 2.98. The molecule has 3 aromatic carbocycles. The van der Waals surface area contributed by atoms with Crippen LogP contribution in [0.4, 0.5) is 11.4 Å². The van der Waals surface area contributed by atoms with Gasteiger partial charge in [0.2, 0.25) is 0 Å². The van der Waals surface area contributed by atoms with Crippen LogP contribution in [0.25, 0.3) is 34.0 Å². The van der Waals surface area contributed by atoms with Crippen molar-refractivity contribution in [1.82, 2.24) is 4.98 Å². The number of hydrogen-bond donors (Lipinski definition) is 1. The Hall–Kier alpha value is -5.39. The van der Waals surface area contributed by atoms with Gasteiger partial charge in [-0.3, -0.25) is 24.5 Å². The quantitative estimate of drug-likeness (QED) is 0.0809. The topological polar surface area (TPSA) is 150 Å². The van der Waals surface area contributed by atoms with Gasteiger partial charge in [-0.05, 0) is 29.8 Å². The van der Waals surface area contributed by atoms with E-state index in [1.807, 2.05) is 4.90 Å². The number of fused-ring (bicyclic) bond motifs is 2. The number of esters is 2. The van der Waals surface area contributed by atoms with Gasteiger partial charge in [-0.25, -0.2) is 0 Å². The van der Waals surface area contributed by atoms with Crippen LogP contribution in [0.15, 0.2) is 53.3 Å². The van der Waals surface area contributed by atoms with Crippen LogP contribution in [0, 0.1) is 10.1 Å². The van der Waals surface area contributed by atoms with Crippen LogP contribution in [0.3, 0.4) is 0 Å². The Labute approximate surface area is 246 Å². The number of nitrogens with one attached hydrogen (secondary N) is 1. The third-order valence-electron chi connectivity index (χ3n) is 6.72. The zero-order chi connectivity index (χ0) is 31.1. The summed E-state index contributed by atoms with van der Waals surface area (Å²) in [6.07, 6.45) is 3.41. The fraction of sp³-hybridized carbons (Fsp3) is 0.258. The summed E-state index contributed by atoms with van der Waals surface area (Å²) < 4.78 is 21.6. The standard InChI is InChI=1S/C31H31N3O9/c1-19(35)42-15-13-33(14-16-43-20(2)36)26-18-27(40-3)22(17-28(26)41-4)10-9-21-11-12-25(34(38)39)30-29(21)31(37)23-7-5-6-8-24(23)32-30/h5-12,17-18H,13-16H2,1-4H3,(H,32,37)/b10-9+. The Morgan fingerprint density at radius 1 is 0.907 bits per heavy atom. The highest BCUT2D eigenvalue weighted by molar-refractivity contribution is 6.01. The molecular formula is C31H31N3O9. The maximum absolute atomic E-state index is 13.5. The molecule has 224 valence electrons. The SMILES string of the molecule is COc1cc(N(CCOC(C)=O)CCOC(C)=O)c(OC)cc1/C=C/c1ccc([N+](=O)[O-])c2[nH]c3ccccc3c(=O)c12. The van der Waals surface area contributed by atoms with Crippen molar-refractivity contribution < 1.29 is 33.5 Å². The molecule has 1 aromatic heterocycles. The van der Waals surface area contributed by atoms with Gasteiger partial charge in [0.1, 0.15) is 30.2 Å². The number of nitrogens with zero attached hydrogens (tertiary/aromatic N) is 2. The molecule has 4 aromatic rings. The highest BCUT2D eigenvalue weighted by atomic mass is 16.6. The first-order valence-electron chi connectivity index (χ1n) is 13.3. The molecule has 0 saturated carbocycles. The second-order valence-electron chi connectivity index (χ2n) is 9.45. The van der Waals surface area contributed by atoms with Gasteiger partial charge in [0.15, 0.2) is 5.43 Å². The number of aromatic nitrogens is 1. The van der Waals surface area contributed by atoms with Crippen molar-refractivity contribution in [3.8, 4) is 11.5 Å². The summed E-state index contributed by atoms with van der Waals surface area (Å²) in [6, 6.07) is 13.2. The molecule has 12 heteroatoms. The number of para-hydroxylation sites is 1. The monoisotopic (exact) mass is 589 g/mol. The van der Waals surface area contributed by atoms with Gasteiger partial charge in [0.25, 0.3) is 5.69 Å². The predicted molar refractivity (Wildman–Crippen MR) is 163 cm³/mol. The van der Waals surface area contributed by atoms with Crippen LogP contribution in [-0.2, 0) is 19.1 Å². The van der Waals surface area contributed by atoms with Gasteiger partial charge in [-0.1, -0.05) is 24.3 Å². The number of nitro groups is 1. The molecule has 0 radical (unpaired) electrons. The molecule has 0 aliphatic heterocycles. The molecule has 0 saturated heterocycles. The number of methoxy groups -OCH3 is 2. The van der Waals surface area contributed by atoms with Crippen molar-refractivity contribution in [2.45, 2.75) is 13.8 Å². The third-order valence-corrected chi connectivity index (χ3v) is 6.72. The Balaban J connectivity index is 1.78. The summed E-state index contributed by atoms with van der Waals surface area (Å²) >= 11 is 0. The number of H-pyrrole nitrogens is 1. The summed E-state index contributed by atoms with van der Waals surface area (Å²) in [7, 11) is 3.01. The average molecular weight is 590 g/mol. The van der Waals surface area contributed by atoms with Crippen molar-refractivity contribution in [3.05, 3.63) is 80.0 Å². The van der Waals surface area contributed by atoms with E-state index in [1.165, 1.54) is 40.2 Å². The molecule has 4 rings (SSSR count). The smallest absolute Gasteiger partial charge is 0.302 e. The highest BCUT2D eigenvalue weighted by Gasteiger charge is 2.20. The van der Waals surface area contributed by atoms with Crippen LogP contribution in [0.1, 0.15) is 25.0 Å². The Morgan fingerprint density at radius 3 is 2.14 bits per heavy atom. The highest BCUT2D eigenvalue weighted by Crippen LogP contribution is 2.37.